The maximum Gasteiger partial charge on any atom is 0.276 e. The van der Waals surface area contributed by atoms with Crippen LogP contribution in [0.4, 0.5) is 10.3 Å². The molecule has 2 amide bonds. The normalized spacial score (nSPS) is 11.2. The van der Waals surface area contributed by atoms with Gasteiger partial charge in [-0.15, -0.1) is 20.4 Å². The zero-order chi connectivity index (χ0) is 23.1. The molecule has 0 saturated heterocycles. The first-order valence-electron chi connectivity index (χ1n) is 10.7. The van der Waals surface area contributed by atoms with Crippen LogP contribution in [-0.2, 0) is 0 Å². The zero-order valence-corrected chi connectivity index (χ0v) is 20.2. The van der Waals surface area contributed by atoms with Crippen molar-refractivity contribution in [2.75, 3.05) is 10.6 Å². The Morgan fingerprint density at radius 2 is 1.16 bits per heavy atom. The molecule has 2 N–H and O–H groups in total. The Morgan fingerprint density at radius 3 is 1.53 bits per heavy atom. The predicted molar refractivity (Wildman–Crippen MR) is 127 cm³/mol. The van der Waals surface area contributed by atoms with Crippen molar-refractivity contribution in [3.8, 4) is 0 Å². The fourth-order valence-corrected chi connectivity index (χ4v) is 5.20. The summed E-state index contributed by atoms with van der Waals surface area (Å²) >= 11 is 2.72. The van der Waals surface area contributed by atoms with Gasteiger partial charge in [0, 0.05) is 11.8 Å². The highest BCUT2D eigenvalue weighted by atomic mass is 32.1. The van der Waals surface area contributed by atoms with Gasteiger partial charge in [0.1, 0.15) is 21.4 Å². The lowest BCUT2D eigenvalue weighted by atomic mass is 10.1. The SMILES string of the molecule is CCC(CC)c1nnc(NC(=O)c2cccc(C(=O)Nc3nnc(C(CC)CC)s3)n2)s1. The Balaban J connectivity index is 1.67. The lowest BCUT2D eigenvalue weighted by Gasteiger charge is -2.06. The molecule has 0 unspecified atom stereocenters. The zero-order valence-electron chi connectivity index (χ0n) is 18.6. The molecule has 0 radical (unpaired) electrons. The van der Waals surface area contributed by atoms with E-state index in [0.29, 0.717) is 22.1 Å². The molecule has 0 atom stereocenters. The van der Waals surface area contributed by atoms with Crippen LogP contribution in [0, 0.1) is 0 Å². The molecule has 0 aliphatic rings. The second kappa shape index (κ2) is 11.2. The number of nitrogens with one attached hydrogen (secondary N) is 2. The van der Waals surface area contributed by atoms with Gasteiger partial charge in [0.2, 0.25) is 10.3 Å². The Kier molecular flexibility index (Phi) is 8.34. The van der Waals surface area contributed by atoms with E-state index in [1.807, 2.05) is 0 Å². The molecule has 3 aromatic heterocycles. The molecule has 32 heavy (non-hydrogen) atoms. The first kappa shape index (κ1) is 23.9. The quantitative estimate of drug-likeness (QED) is 0.420. The number of rotatable bonds is 10. The molecule has 9 nitrogen and oxygen atoms in total. The number of anilines is 2. The van der Waals surface area contributed by atoms with Gasteiger partial charge in [0.05, 0.1) is 0 Å². The van der Waals surface area contributed by atoms with Crippen LogP contribution >= 0.6 is 22.7 Å². The van der Waals surface area contributed by atoms with Gasteiger partial charge in [0.15, 0.2) is 0 Å². The van der Waals surface area contributed by atoms with Crippen molar-refractivity contribution in [2.24, 2.45) is 0 Å². The van der Waals surface area contributed by atoms with Crippen molar-refractivity contribution in [1.29, 1.82) is 0 Å². The Morgan fingerprint density at radius 1 is 0.750 bits per heavy atom. The monoisotopic (exact) mass is 473 g/mol. The molecule has 11 heteroatoms. The minimum atomic E-state index is -0.446. The highest BCUT2D eigenvalue weighted by molar-refractivity contribution is 7.15. The Hall–Kier alpha value is -2.79. The molecule has 0 spiro atoms. The molecular formula is C21H27N7O2S2. The van der Waals surface area contributed by atoms with Gasteiger partial charge in [-0.25, -0.2) is 4.98 Å². The summed E-state index contributed by atoms with van der Waals surface area (Å²) in [5.74, 6) is -0.235. The standard InChI is InChI=1S/C21H27N7O2S2/c1-5-12(6-2)18-25-27-20(31-18)23-16(29)14-10-9-11-15(22-14)17(30)24-21-28-26-19(32-21)13(7-3)8-4/h9-13H,5-8H2,1-4H3,(H,23,27,29)(H,24,28,30). The van der Waals surface area contributed by atoms with Crippen LogP contribution in [-0.4, -0.2) is 37.2 Å². The summed E-state index contributed by atoms with van der Waals surface area (Å²) in [4.78, 5) is 29.4. The van der Waals surface area contributed by atoms with Crippen LogP contribution in [0.25, 0.3) is 0 Å². The third-order valence-corrected chi connectivity index (χ3v) is 7.21. The van der Waals surface area contributed by atoms with Crippen LogP contribution in [0.5, 0.6) is 0 Å². The number of hydrogen-bond acceptors (Lipinski definition) is 9. The lowest BCUT2D eigenvalue weighted by molar-refractivity contribution is 0.101. The van der Waals surface area contributed by atoms with Crippen molar-refractivity contribution in [1.82, 2.24) is 25.4 Å². The summed E-state index contributed by atoms with van der Waals surface area (Å²) in [6.45, 7) is 8.40. The van der Waals surface area contributed by atoms with E-state index in [1.165, 1.54) is 22.7 Å². The molecular weight excluding hydrogens is 446 g/mol. The first-order valence-corrected chi connectivity index (χ1v) is 12.4. The van der Waals surface area contributed by atoms with E-state index in [2.05, 4.69) is 63.7 Å². The van der Waals surface area contributed by atoms with Gasteiger partial charge in [-0.2, -0.15) is 0 Å². The number of aromatic nitrogens is 5. The highest BCUT2D eigenvalue weighted by Crippen LogP contribution is 2.29. The maximum atomic E-state index is 12.6. The van der Waals surface area contributed by atoms with E-state index in [4.69, 9.17) is 0 Å². The summed E-state index contributed by atoms with van der Waals surface area (Å²) in [5, 5.41) is 24.5. The molecule has 170 valence electrons. The van der Waals surface area contributed by atoms with E-state index in [1.54, 1.807) is 18.2 Å². The maximum absolute atomic E-state index is 12.6. The molecule has 0 bridgehead atoms. The molecule has 0 aromatic carbocycles. The largest absolute Gasteiger partial charge is 0.295 e. The van der Waals surface area contributed by atoms with E-state index in [-0.39, 0.29) is 11.4 Å². The van der Waals surface area contributed by atoms with E-state index < -0.39 is 11.8 Å². The van der Waals surface area contributed by atoms with Gasteiger partial charge in [-0.1, -0.05) is 56.4 Å². The van der Waals surface area contributed by atoms with E-state index in [9.17, 15) is 9.59 Å². The van der Waals surface area contributed by atoms with E-state index in [0.717, 1.165) is 35.7 Å². The molecule has 0 fully saturated rings. The van der Waals surface area contributed by atoms with Gasteiger partial charge in [0.25, 0.3) is 11.8 Å². The van der Waals surface area contributed by atoms with Gasteiger partial charge >= 0.3 is 0 Å². The van der Waals surface area contributed by atoms with Crippen molar-refractivity contribution < 1.29 is 9.59 Å². The molecule has 3 heterocycles. The molecule has 0 aliphatic heterocycles. The second-order valence-corrected chi connectivity index (χ2v) is 9.25. The van der Waals surface area contributed by atoms with Crippen molar-refractivity contribution in [2.45, 2.75) is 65.2 Å². The van der Waals surface area contributed by atoms with Crippen LogP contribution in [0.2, 0.25) is 0 Å². The average molecular weight is 474 g/mol. The van der Waals surface area contributed by atoms with Crippen molar-refractivity contribution in [3.63, 3.8) is 0 Å². The number of hydrogen-bond donors (Lipinski definition) is 2. The number of amides is 2. The fourth-order valence-electron chi connectivity index (χ4n) is 3.19. The predicted octanol–water partition coefficient (Wildman–Crippen LogP) is 5.10. The number of carbonyl (C=O) groups excluding carboxylic acids is 2. The number of pyridine rings is 1. The second-order valence-electron chi connectivity index (χ2n) is 7.23. The number of nitrogens with zero attached hydrogens (tertiary/aromatic N) is 5. The summed E-state index contributed by atoms with van der Waals surface area (Å²) < 4.78 is 0. The lowest BCUT2D eigenvalue weighted by Crippen LogP contribution is -2.18. The molecule has 3 rings (SSSR count). The minimum Gasteiger partial charge on any atom is -0.295 e. The highest BCUT2D eigenvalue weighted by Gasteiger charge is 2.19. The third-order valence-electron chi connectivity index (χ3n) is 5.21. The third kappa shape index (κ3) is 5.71. The summed E-state index contributed by atoms with van der Waals surface area (Å²) in [6.07, 6.45) is 3.85. The molecule has 0 aliphatic carbocycles. The van der Waals surface area contributed by atoms with Gasteiger partial charge < -0.3 is 0 Å². The fraction of sp³-hybridized carbons (Fsp3) is 0.476. The molecule has 3 aromatic rings. The Labute approximate surface area is 195 Å². The van der Waals surface area contributed by atoms with Crippen molar-refractivity contribution in [3.05, 3.63) is 39.6 Å². The van der Waals surface area contributed by atoms with Gasteiger partial charge in [-0.05, 0) is 37.8 Å². The molecule has 0 saturated carbocycles. The van der Waals surface area contributed by atoms with E-state index >= 15 is 0 Å². The number of carbonyl (C=O) groups is 2. The van der Waals surface area contributed by atoms with Crippen LogP contribution in [0.1, 0.15) is 96.2 Å². The summed E-state index contributed by atoms with van der Waals surface area (Å²) in [7, 11) is 0. The van der Waals surface area contributed by atoms with Crippen LogP contribution in [0.3, 0.4) is 0 Å². The van der Waals surface area contributed by atoms with Crippen molar-refractivity contribution >= 4 is 44.8 Å². The Bertz CT molecular complexity index is 978. The van der Waals surface area contributed by atoms with Crippen LogP contribution in [0.15, 0.2) is 18.2 Å². The smallest absolute Gasteiger partial charge is 0.276 e. The van der Waals surface area contributed by atoms with Crippen LogP contribution < -0.4 is 10.6 Å². The average Bonchev–Trinajstić information content (AvgIpc) is 3.46. The summed E-state index contributed by atoms with van der Waals surface area (Å²) in [6, 6.07) is 4.71. The summed E-state index contributed by atoms with van der Waals surface area (Å²) in [5.41, 5.74) is 0.235. The topological polar surface area (TPSA) is 123 Å². The first-order chi connectivity index (χ1) is 15.5. The van der Waals surface area contributed by atoms with Gasteiger partial charge in [-0.3, -0.25) is 20.2 Å². The minimum absolute atomic E-state index is 0.118.